The molecular formula is C12H14OS3. The van der Waals surface area contributed by atoms with Crippen LogP contribution in [0.4, 0.5) is 0 Å². The molecule has 0 aliphatic carbocycles. The Hall–Kier alpha value is -0.190. The molecule has 0 spiro atoms. The minimum Gasteiger partial charge on any atom is -0.288 e. The Balaban J connectivity index is 2.30. The zero-order chi connectivity index (χ0) is 11.8. The first-order chi connectivity index (χ1) is 7.53. The SMILES string of the molecule is CSC1=C(C(=O)c2cccs2)CC(C)(C)S1. The van der Waals surface area contributed by atoms with E-state index in [-0.39, 0.29) is 10.5 Å². The Morgan fingerprint density at radius 3 is 2.81 bits per heavy atom. The number of allylic oxidation sites excluding steroid dienone is 1. The van der Waals surface area contributed by atoms with Crippen LogP contribution in [-0.2, 0) is 0 Å². The molecule has 1 aliphatic heterocycles. The average molecular weight is 270 g/mol. The number of hydrogen-bond acceptors (Lipinski definition) is 4. The van der Waals surface area contributed by atoms with Crippen LogP contribution in [0.1, 0.15) is 29.9 Å². The van der Waals surface area contributed by atoms with E-state index < -0.39 is 0 Å². The van der Waals surface area contributed by atoms with Gasteiger partial charge in [-0.05, 0) is 24.1 Å². The highest BCUT2D eigenvalue weighted by atomic mass is 32.2. The molecule has 2 heterocycles. The van der Waals surface area contributed by atoms with E-state index >= 15 is 0 Å². The molecule has 0 atom stereocenters. The van der Waals surface area contributed by atoms with E-state index in [0.717, 1.165) is 16.9 Å². The van der Waals surface area contributed by atoms with E-state index in [2.05, 4.69) is 13.8 Å². The first kappa shape index (κ1) is 12.3. The maximum Gasteiger partial charge on any atom is 0.200 e. The third kappa shape index (κ3) is 2.39. The normalized spacial score (nSPS) is 19.2. The third-order valence-corrected chi connectivity index (χ3v) is 5.79. The summed E-state index contributed by atoms with van der Waals surface area (Å²) >= 11 is 5.05. The third-order valence-electron chi connectivity index (χ3n) is 2.42. The Kier molecular flexibility index (Phi) is 3.52. The summed E-state index contributed by atoms with van der Waals surface area (Å²) < 4.78 is 1.36. The number of ketones is 1. The van der Waals surface area contributed by atoms with Crippen molar-refractivity contribution in [3.8, 4) is 0 Å². The lowest BCUT2D eigenvalue weighted by Gasteiger charge is -2.15. The number of carbonyl (C=O) groups excluding carboxylic acids is 1. The molecule has 1 nitrogen and oxygen atoms in total. The van der Waals surface area contributed by atoms with Crippen LogP contribution in [0.15, 0.2) is 27.3 Å². The first-order valence-electron chi connectivity index (χ1n) is 5.08. The lowest BCUT2D eigenvalue weighted by atomic mass is 10.00. The quantitative estimate of drug-likeness (QED) is 0.757. The topological polar surface area (TPSA) is 17.1 Å². The predicted octanol–water partition coefficient (Wildman–Crippen LogP) is 4.42. The van der Waals surface area contributed by atoms with Gasteiger partial charge in [0.25, 0.3) is 0 Å². The highest BCUT2D eigenvalue weighted by molar-refractivity contribution is 8.22. The number of thioether (sulfide) groups is 2. The molecule has 0 bridgehead atoms. The number of carbonyl (C=O) groups is 1. The van der Waals surface area contributed by atoms with Crippen molar-refractivity contribution < 1.29 is 4.79 Å². The minimum atomic E-state index is 0.167. The zero-order valence-corrected chi connectivity index (χ0v) is 12.0. The maximum absolute atomic E-state index is 12.3. The van der Waals surface area contributed by atoms with E-state index in [4.69, 9.17) is 0 Å². The lowest BCUT2D eigenvalue weighted by Crippen LogP contribution is -2.12. The monoisotopic (exact) mass is 270 g/mol. The lowest BCUT2D eigenvalue weighted by molar-refractivity contribution is 0.103. The highest BCUT2D eigenvalue weighted by Gasteiger charge is 2.34. The van der Waals surface area contributed by atoms with Gasteiger partial charge in [0.05, 0.1) is 4.88 Å². The molecule has 1 aliphatic rings. The van der Waals surface area contributed by atoms with Crippen molar-refractivity contribution in [2.75, 3.05) is 6.26 Å². The van der Waals surface area contributed by atoms with Crippen LogP contribution in [0.25, 0.3) is 0 Å². The van der Waals surface area contributed by atoms with Gasteiger partial charge in [0.2, 0.25) is 5.78 Å². The zero-order valence-electron chi connectivity index (χ0n) is 9.57. The van der Waals surface area contributed by atoms with Gasteiger partial charge in [-0.15, -0.1) is 34.9 Å². The Bertz CT molecular complexity index is 429. The summed E-state index contributed by atoms with van der Waals surface area (Å²) in [5.41, 5.74) is 1.00. The van der Waals surface area contributed by atoms with Crippen LogP contribution in [0.3, 0.4) is 0 Å². The van der Waals surface area contributed by atoms with Crippen molar-refractivity contribution in [2.24, 2.45) is 0 Å². The second-order valence-corrected chi connectivity index (χ2v) is 8.06. The summed E-state index contributed by atoms with van der Waals surface area (Å²) in [6.07, 6.45) is 2.93. The summed E-state index contributed by atoms with van der Waals surface area (Å²) in [7, 11) is 0. The average Bonchev–Trinajstić information content (AvgIpc) is 2.83. The Morgan fingerprint density at radius 2 is 2.25 bits per heavy atom. The fraction of sp³-hybridized carbons (Fsp3) is 0.417. The van der Waals surface area contributed by atoms with Gasteiger partial charge in [0.15, 0.2) is 0 Å². The van der Waals surface area contributed by atoms with Crippen molar-refractivity contribution in [1.29, 1.82) is 0 Å². The number of hydrogen-bond donors (Lipinski definition) is 0. The predicted molar refractivity (Wildman–Crippen MR) is 75.5 cm³/mol. The van der Waals surface area contributed by atoms with Gasteiger partial charge < -0.3 is 0 Å². The number of thiophene rings is 1. The largest absolute Gasteiger partial charge is 0.288 e. The molecule has 0 fully saturated rings. The molecule has 2 rings (SSSR count). The second kappa shape index (κ2) is 4.59. The van der Waals surface area contributed by atoms with Gasteiger partial charge in [-0.2, -0.15) is 0 Å². The van der Waals surface area contributed by atoms with Gasteiger partial charge in [-0.1, -0.05) is 19.9 Å². The molecular weight excluding hydrogens is 256 g/mol. The van der Waals surface area contributed by atoms with E-state index in [1.54, 1.807) is 11.8 Å². The Morgan fingerprint density at radius 1 is 1.50 bits per heavy atom. The fourth-order valence-electron chi connectivity index (χ4n) is 1.74. The first-order valence-corrected chi connectivity index (χ1v) is 8.00. The smallest absolute Gasteiger partial charge is 0.200 e. The van der Waals surface area contributed by atoms with Crippen molar-refractivity contribution >= 4 is 40.6 Å². The summed E-state index contributed by atoms with van der Waals surface area (Å²) in [6, 6.07) is 3.85. The number of rotatable bonds is 3. The molecule has 0 aromatic carbocycles. The summed E-state index contributed by atoms with van der Waals surface area (Å²) in [4.78, 5) is 13.2. The molecule has 0 saturated carbocycles. The summed E-state index contributed by atoms with van der Waals surface area (Å²) in [6.45, 7) is 4.39. The molecule has 1 aromatic heterocycles. The molecule has 4 heteroatoms. The van der Waals surface area contributed by atoms with E-state index in [0.29, 0.717) is 0 Å². The van der Waals surface area contributed by atoms with Crippen LogP contribution in [0.5, 0.6) is 0 Å². The van der Waals surface area contributed by atoms with Crippen LogP contribution >= 0.6 is 34.9 Å². The van der Waals surface area contributed by atoms with Crippen LogP contribution in [0.2, 0.25) is 0 Å². The molecule has 0 unspecified atom stereocenters. The molecule has 0 N–H and O–H groups in total. The fourth-order valence-corrected chi connectivity index (χ4v) is 4.86. The minimum absolute atomic E-state index is 0.167. The van der Waals surface area contributed by atoms with Crippen LogP contribution in [-0.4, -0.2) is 16.8 Å². The van der Waals surface area contributed by atoms with Gasteiger partial charge >= 0.3 is 0 Å². The summed E-state index contributed by atoms with van der Waals surface area (Å²) in [5.74, 6) is 0.220. The molecule has 1 aromatic rings. The Labute approximate surface area is 109 Å². The van der Waals surface area contributed by atoms with Crippen molar-refractivity contribution in [3.05, 3.63) is 32.2 Å². The van der Waals surface area contributed by atoms with E-state index in [1.165, 1.54) is 15.6 Å². The van der Waals surface area contributed by atoms with Gasteiger partial charge in [-0.25, -0.2) is 0 Å². The van der Waals surface area contributed by atoms with Gasteiger partial charge in [-0.3, -0.25) is 4.79 Å². The van der Waals surface area contributed by atoms with E-state index in [1.807, 2.05) is 35.5 Å². The molecule has 0 amide bonds. The van der Waals surface area contributed by atoms with Gasteiger partial charge in [0.1, 0.15) is 0 Å². The van der Waals surface area contributed by atoms with Crippen molar-refractivity contribution in [1.82, 2.24) is 0 Å². The maximum atomic E-state index is 12.3. The van der Waals surface area contributed by atoms with Crippen LogP contribution in [0, 0.1) is 0 Å². The highest BCUT2D eigenvalue weighted by Crippen LogP contribution is 2.50. The summed E-state index contributed by atoms with van der Waals surface area (Å²) in [5, 5.41) is 1.96. The van der Waals surface area contributed by atoms with Crippen molar-refractivity contribution in [3.63, 3.8) is 0 Å². The molecule has 0 saturated heterocycles. The van der Waals surface area contributed by atoms with Gasteiger partial charge in [0, 0.05) is 14.6 Å². The van der Waals surface area contributed by atoms with Crippen LogP contribution < -0.4 is 0 Å². The molecule has 16 heavy (non-hydrogen) atoms. The molecule has 86 valence electrons. The second-order valence-electron chi connectivity index (χ2n) is 4.32. The standard InChI is InChI=1S/C12H14OS3/c1-12(2)7-8(11(14-3)16-12)10(13)9-5-4-6-15-9/h4-6H,7H2,1-3H3. The van der Waals surface area contributed by atoms with E-state index in [9.17, 15) is 4.79 Å². The van der Waals surface area contributed by atoms with Crippen molar-refractivity contribution in [2.45, 2.75) is 25.0 Å². The number of Topliss-reactive ketones (excluding diaryl/α,β-unsaturated/α-hetero) is 1. The molecule has 0 radical (unpaired) electrons.